The third-order valence-corrected chi connectivity index (χ3v) is 4.56. The van der Waals surface area contributed by atoms with Gasteiger partial charge in [-0.25, -0.2) is 0 Å². The van der Waals surface area contributed by atoms with Crippen molar-refractivity contribution in [3.8, 4) is 0 Å². The molecule has 8 heteroatoms. The Kier molecular flexibility index (Phi) is 4.47. The quantitative estimate of drug-likeness (QED) is 0.546. The lowest BCUT2D eigenvalue weighted by Crippen LogP contribution is -2.36. The molecule has 0 bridgehead atoms. The third kappa shape index (κ3) is 3.61. The van der Waals surface area contributed by atoms with E-state index >= 15 is 0 Å². The van der Waals surface area contributed by atoms with Gasteiger partial charge in [0, 0.05) is 47.5 Å². The number of morpholine rings is 1. The zero-order valence-corrected chi connectivity index (χ0v) is 14.5. The smallest absolute Gasteiger partial charge is 0.272 e. The summed E-state index contributed by atoms with van der Waals surface area (Å²) in [6.07, 6.45) is 0. The van der Waals surface area contributed by atoms with Crippen LogP contribution in [0.15, 0.2) is 48.5 Å². The summed E-state index contributed by atoms with van der Waals surface area (Å²) in [7, 11) is 0. The van der Waals surface area contributed by atoms with Crippen molar-refractivity contribution in [1.82, 2.24) is 4.98 Å². The van der Waals surface area contributed by atoms with Gasteiger partial charge in [0.2, 0.25) is 0 Å². The Morgan fingerprint density at radius 3 is 2.56 bits per heavy atom. The molecule has 0 spiro atoms. The second kappa shape index (κ2) is 7.08. The summed E-state index contributed by atoms with van der Waals surface area (Å²) in [5.41, 5.74) is 2.79. The van der Waals surface area contributed by atoms with Gasteiger partial charge in [-0.05, 0) is 36.4 Å². The molecule has 1 aliphatic rings. The van der Waals surface area contributed by atoms with Crippen molar-refractivity contribution < 1.29 is 14.5 Å². The number of hydrogen-bond acceptors (Lipinski definition) is 5. The molecule has 1 aromatic heterocycles. The van der Waals surface area contributed by atoms with Crippen molar-refractivity contribution in [2.45, 2.75) is 0 Å². The fraction of sp³-hybridized carbons (Fsp3) is 0.211. The van der Waals surface area contributed by atoms with Crippen LogP contribution in [-0.4, -0.2) is 42.1 Å². The Balaban J connectivity index is 1.48. The second-order valence-corrected chi connectivity index (χ2v) is 6.31. The van der Waals surface area contributed by atoms with Gasteiger partial charge >= 0.3 is 0 Å². The number of H-pyrrole nitrogens is 1. The molecule has 0 saturated carbocycles. The average Bonchev–Trinajstić information content (AvgIpc) is 3.13. The molecule has 0 atom stereocenters. The van der Waals surface area contributed by atoms with Gasteiger partial charge < -0.3 is 19.9 Å². The topological polar surface area (TPSA) is 100 Å². The van der Waals surface area contributed by atoms with Gasteiger partial charge in [0.05, 0.1) is 18.1 Å². The number of ether oxygens (including phenoxy) is 1. The standard InChI is InChI=1S/C19H18N4O4/c24-19(18-12-13-11-16(23(25)26)5-6-17(13)21-18)20-14-1-3-15(4-2-14)22-7-9-27-10-8-22/h1-6,11-12,21H,7-10H2,(H,20,24). The van der Waals surface area contributed by atoms with E-state index < -0.39 is 4.92 Å². The Morgan fingerprint density at radius 2 is 1.85 bits per heavy atom. The van der Waals surface area contributed by atoms with Gasteiger partial charge in [-0.15, -0.1) is 0 Å². The summed E-state index contributed by atoms with van der Waals surface area (Å²) >= 11 is 0. The molecule has 4 rings (SSSR count). The molecule has 1 aliphatic heterocycles. The zero-order valence-electron chi connectivity index (χ0n) is 14.5. The molecule has 1 amide bonds. The lowest BCUT2D eigenvalue weighted by atomic mass is 10.2. The first kappa shape index (κ1) is 17.0. The number of nitrogens with one attached hydrogen (secondary N) is 2. The third-order valence-electron chi connectivity index (χ3n) is 4.56. The van der Waals surface area contributed by atoms with E-state index in [9.17, 15) is 14.9 Å². The number of nitro benzene ring substituents is 1. The summed E-state index contributed by atoms with van der Waals surface area (Å²) in [4.78, 5) is 28.1. The average molecular weight is 366 g/mol. The van der Waals surface area contributed by atoms with E-state index in [1.54, 1.807) is 12.1 Å². The van der Waals surface area contributed by atoms with Crippen LogP contribution in [-0.2, 0) is 4.74 Å². The second-order valence-electron chi connectivity index (χ2n) is 6.31. The fourth-order valence-electron chi connectivity index (χ4n) is 3.13. The molecule has 0 aliphatic carbocycles. The monoisotopic (exact) mass is 366 g/mol. The molecular weight excluding hydrogens is 348 g/mol. The first-order valence-electron chi connectivity index (χ1n) is 8.61. The number of nitro groups is 1. The number of carbonyl (C=O) groups is 1. The van der Waals surface area contributed by atoms with Gasteiger partial charge in [0.1, 0.15) is 5.69 Å². The Hall–Kier alpha value is -3.39. The van der Waals surface area contributed by atoms with E-state index in [0.29, 0.717) is 22.3 Å². The summed E-state index contributed by atoms with van der Waals surface area (Å²) in [6.45, 7) is 3.15. The van der Waals surface area contributed by atoms with Crippen molar-refractivity contribution in [1.29, 1.82) is 0 Å². The van der Waals surface area contributed by atoms with E-state index in [2.05, 4.69) is 15.2 Å². The number of anilines is 2. The van der Waals surface area contributed by atoms with Crippen molar-refractivity contribution in [2.75, 3.05) is 36.5 Å². The number of amides is 1. The molecule has 27 heavy (non-hydrogen) atoms. The van der Waals surface area contributed by atoms with Crippen molar-refractivity contribution in [2.24, 2.45) is 0 Å². The van der Waals surface area contributed by atoms with Crippen molar-refractivity contribution in [3.05, 3.63) is 64.3 Å². The molecule has 138 valence electrons. The Labute approximate surface area is 154 Å². The molecule has 0 unspecified atom stereocenters. The number of non-ortho nitro benzene ring substituents is 1. The minimum atomic E-state index is -0.456. The number of hydrogen-bond donors (Lipinski definition) is 2. The summed E-state index contributed by atoms with van der Waals surface area (Å²) in [5, 5.41) is 14.3. The van der Waals surface area contributed by atoms with Crippen LogP contribution in [0.2, 0.25) is 0 Å². The van der Waals surface area contributed by atoms with E-state index in [0.717, 1.165) is 32.0 Å². The molecule has 8 nitrogen and oxygen atoms in total. The number of fused-ring (bicyclic) bond motifs is 1. The molecule has 2 heterocycles. The number of benzene rings is 2. The minimum Gasteiger partial charge on any atom is -0.378 e. The molecular formula is C19H18N4O4. The molecule has 2 N–H and O–H groups in total. The molecule has 2 aromatic carbocycles. The minimum absolute atomic E-state index is 0.00726. The molecule has 1 saturated heterocycles. The van der Waals surface area contributed by atoms with Gasteiger partial charge in [-0.1, -0.05) is 0 Å². The molecule has 3 aromatic rings. The van der Waals surface area contributed by atoms with Crippen LogP contribution in [0.3, 0.4) is 0 Å². The van der Waals surface area contributed by atoms with Gasteiger partial charge in [-0.3, -0.25) is 14.9 Å². The first-order chi connectivity index (χ1) is 13.1. The van der Waals surface area contributed by atoms with Crippen LogP contribution >= 0.6 is 0 Å². The van der Waals surface area contributed by atoms with Gasteiger partial charge in [-0.2, -0.15) is 0 Å². The highest BCUT2D eigenvalue weighted by molar-refractivity contribution is 6.06. The largest absolute Gasteiger partial charge is 0.378 e. The summed E-state index contributed by atoms with van der Waals surface area (Å²) in [5.74, 6) is -0.298. The van der Waals surface area contributed by atoms with Crippen LogP contribution in [0.4, 0.5) is 17.1 Å². The van der Waals surface area contributed by atoms with Crippen molar-refractivity contribution in [3.63, 3.8) is 0 Å². The van der Waals surface area contributed by atoms with Crippen molar-refractivity contribution >= 4 is 33.9 Å². The zero-order chi connectivity index (χ0) is 18.8. The fourth-order valence-corrected chi connectivity index (χ4v) is 3.13. The Morgan fingerprint density at radius 1 is 1.11 bits per heavy atom. The molecule has 0 radical (unpaired) electrons. The predicted octanol–water partition coefficient (Wildman–Crippen LogP) is 3.17. The summed E-state index contributed by atoms with van der Waals surface area (Å²) in [6, 6.07) is 13.7. The maximum Gasteiger partial charge on any atom is 0.272 e. The first-order valence-corrected chi connectivity index (χ1v) is 8.61. The molecule has 1 fully saturated rings. The predicted molar refractivity (Wildman–Crippen MR) is 102 cm³/mol. The van der Waals surface area contributed by atoms with Crippen LogP contribution in [0.1, 0.15) is 10.5 Å². The number of aromatic amines is 1. The lowest BCUT2D eigenvalue weighted by molar-refractivity contribution is -0.384. The SMILES string of the molecule is O=C(Nc1ccc(N2CCOCC2)cc1)c1cc2cc([N+](=O)[O-])ccc2[nH]1. The highest BCUT2D eigenvalue weighted by atomic mass is 16.6. The van der Waals surface area contributed by atoms with E-state index in [1.165, 1.54) is 12.1 Å². The number of rotatable bonds is 4. The highest BCUT2D eigenvalue weighted by Crippen LogP contribution is 2.23. The van der Waals surface area contributed by atoms with Gasteiger partial charge in [0.15, 0.2) is 0 Å². The van der Waals surface area contributed by atoms with E-state index in [1.807, 2.05) is 24.3 Å². The Bertz CT molecular complexity index is 991. The summed E-state index contributed by atoms with van der Waals surface area (Å²) < 4.78 is 5.35. The normalized spacial score (nSPS) is 14.3. The van der Waals surface area contributed by atoms with Crippen LogP contribution < -0.4 is 10.2 Å². The van der Waals surface area contributed by atoms with Crippen LogP contribution in [0.25, 0.3) is 10.9 Å². The maximum atomic E-state index is 12.5. The van der Waals surface area contributed by atoms with E-state index in [-0.39, 0.29) is 11.6 Å². The van der Waals surface area contributed by atoms with Crippen LogP contribution in [0, 0.1) is 10.1 Å². The number of nitrogens with zero attached hydrogens (tertiary/aromatic N) is 2. The maximum absolute atomic E-state index is 12.5. The number of carbonyl (C=O) groups excluding carboxylic acids is 1. The number of aromatic nitrogens is 1. The van der Waals surface area contributed by atoms with Gasteiger partial charge in [0.25, 0.3) is 11.6 Å². The van der Waals surface area contributed by atoms with E-state index in [4.69, 9.17) is 4.74 Å². The lowest BCUT2D eigenvalue weighted by Gasteiger charge is -2.28. The highest BCUT2D eigenvalue weighted by Gasteiger charge is 2.14. The van der Waals surface area contributed by atoms with Crippen LogP contribution in [0.5, 0.6) is 0 Å².